The van der Waals surface area contributed by atoms with E-state index >= 15 is 0 Å². The van der Waals surface area contributed by atoms with Crippen molar-refractivity contribution >= 4 is 16.9 Å². The number of ether oxygens (including phenoxy) is 2. The molecule has 4 rings (SSSR count). The maximum atomic E-state index is 13.6. The Kier molecular flexibility index (Phi) is 7.27. The van der Waals surface area contributed by atoms with Gasteiger partial charge < -0.3 is 14.0 Å². The number of aryl methyl sites for hydroxylation is 1. The zero-order valence-electron chi connectivity index (χ0n) is 20.0. The molecule has 0 saturated carbocycles. The van der Waals surface area contributed by atoms with E-state index in [1.807, 2.05) is 6.07 Å². The molecule has 2 heterocycles. The van der Waals surface area contributed by atoms with E-state index in [9.17, 15) is 18.0 Å². The Morgan fingerprint density at radius 2 is 2.00 bits per heavy atom. The molecule has 0 saturated heterocycles. The Morgan fingerprint density at radius 1 is 1.19 bits per heavy atom. The Bertz CT molecular complexity index is 1360. The highest BCUT2D eigenvalue weighted by Crippen LogP contribution is 2.39. The minimum absolute atomic E-state index is 0.0505. The number of carbonyl (C=O) groups excluding carboxylic acids is 1. The first kappa shape index (κ1) is 25.2. The highest BCUT2D eigenvalue weighted by atomic mass is 19.4. The minimum atomic E-state index is -4.61. The highest BCUT2D eigenvalue weighted by Gasteiger charge is 2.35. The second kappa shape index (κ2) is 10.4. The summed E-state index contributed by atoms with van der Waals surface area (Å²) in [7, 11) is 0. The van der Waals surface area contributed by atoms with Gasteiger partial charge in [0.25, 0.3) is 5.89 Å². The lowest BCUT2D eigenvalue weighted by Crippen LogP contribution is -2.13. The molecule has 2 aromatic heterocycles. The third-order valence-electron chi connectivity index (χ3n) is 5.31. The van der Waals surface area contributed by atoms with Crippen molar-refractivity contribution in [3.8, 4) is 28.6 Å². The Hall–Kier alpha value is -3.89. The van der Waals surface area contributed by atoms with Gasteiger partial charge in [0.05, 0.1) is 30.0 Å². The van der Waals surface area contributed by atoms with Crippen molar-refractivity contribution in [3.63, 3.8) is 0 Å². The summed E-state index contributed by atoms with van der Waals surface area (Å²) < 4.78 is 58.2. The van der Waals surface area contributed by atoms with E-state index in [0.29, 0.717) is 25.1 Å². The number of hydrogen-bond acceptors (Lipinski definition) is 7. The zero-order valence-corrected chi connectivity index (χ0v) is 20.0. The van der Waals surface area contributed by atoms with Crippen LogP contribution in [0.2, 0.25) is 0 Å². The molecule has 11 heteroatoms. The fourth-order valence-corrected chi connectivity index (χ4v) is 3.77. The molecule has 0 bridgehead atoms. The molecule has 0 radical (unpaired) electrons. The summed E-state index contributed by atoms with van der Waals surface area (Å²) >= 11 is 0. The molecule has 8 nitrogen and oxygen atoms in total. The predicted octanol–water partition coefficient (Wildman–Crippen LogP) is 5.90. The molecule has 0 unspecified atom stereocenters. The maximum Gasteiger partial charge on any atom is 0.419 e. The summed E-state index contributed by atoms with van der Waals surface area (Å²) in [5.41, 5.74) is 0.630. The second-order valence-corrected chi connectivity index (χ2v) is 8.31. The van der Waals surface area contributed by atoms with Gasteiger partial charge in [-0.2, -0.15) is 23.3 Å². The quantitative estimate of drug-likeness (QED) is 0.263. The molecule has 0 N–H and O–H groups in total. The van der Waals surface area contributed by atoms with Crippen LogP contribution in [-0.4, -0.2) is 38.6 Å². The molecule has 0 amide bonds. The average molecular weight is 502 g/mol. The summed E-state index contributed by atoms with van der Waals surface area (Å²) in [5, 5.41) is 9.14. The molecule has 190 valence electrons. The number of alkyl halides is 3. The van der Waals surface area contributed by atoms with Gasteiger partial charge in [-0.05, 0) is 51.5 Å². The van der Waals surface area contributed by atoms with Crippen molar-refractivity contribution in [2.24, 2.45) is 0 Å². The van der Waals surface area contributed by atoms with Gasteiger partial charge in [0, 0.05) is 29.5 Å². The molecule has 0 aliphatic heterocycles. The first-order valence-electron chi connectivity index (χ1n) is 11.5. The normalized spacial score (nSPS) is 11.9. The van der Waals surface area contributed by atoms with Gasteiger partial charge in [0.1, 0.15) is 5.75 Å². The number of esters is 1. The van der Waals surface area contributed by atoms with E-state index in [1.165, 1.54) is 12.1 Å². The molecule has 2 aromatic carbocycles. The summed E-state index contributed by atoms with van der Waals surface area (Å²) in [6, 6.07) is 9.10. The van der Waals surface area contributed by atoms with E-state index < -0.39 is 17.8 Å². The van der Waals surface area contributed by atoms with Crippen LogP contribution < -0.4 is 4.74 Å². The zero-order chi connectivity index (χ0) is 25.9. The largest absolute Gasteiger partial charge is 0.490 e. The number of rotatable bonds is 9. The number of hydrogen-bond donors (Lipinski definition) is 0. The average Bonchev–Trinajstić information content (AvgIpc) is 3.46. The van der Waals surface area contributed by atoms with Crippen molar-refractivity contribution < 1.29 is 32.0 Å². The molecule has 0 fully saturated rings. The minimum Gasteiger partial charge on any atom is -0.490 e. The van der Waals surface area contributed by atoms with Crippen LogP contribution >= 0.6 is 0 Å². The summed E-state index contributed by atoms with van der Waals surface area (Å²) in [5.74, 6) is -0.351. The van der Waals surface area contributed by atoms with Gasteiger partial charge in [-0.1, -0.05) is 17.3 Å². The van der Waals surface area contributed by atoms with E-state index in [0.717, 1.165) is 17.0 Å². The monoisotopic (exact) mass is 502 g/mol. The van der Waals surface area contributed by atoms with Gasteiger partial charge in [-0.3, -0.25) is 9.48 Å². The van der Waals surface area contributed by atoms with Crippen LogP contribution in [0.15, 0.2) is 47.1 Å². The van der Waals surface area contributed by atoms with Gasteiger partial charge >= 0.3 is 12.1 Å². The molecular weight excluding hydrogens is 477 g/mol. The summed E-state index contributed by atoms with van der Waals surface area (Å²) in [6.45, 7) is 5.92. The van der Waals surface area contributed by atoms with Crippen molar-refractivity contribution in [1.29, 1.82) is 0 Å². The van der Waals surface area contributed by atoms with E-state index in [1.54, 1.807) is 43.8 Å². The molecular formula is C25H25F3N4O4. The topological polar surface area (TPSA) is 92.3 Å². The van der Waals surface area contributed by atoms with Crippen molar-refractivity contribution in [2.45, 2.75) is 52.4 Å². The van der Waals surface area contributed by atoms with Crippen LogP contribution in [0.5, 0.6) is 5.75 Å². The first-order chi connectivity index (χ1) is 17.2. The first-order valence-corrected chi connectivity index (χ1v) is 11.5. The third kappa shape index (κ3) is 5.50. The van der Waals surface area contributed by atoms with Gasteiger partial charge in [0.15, 0.2) is 0 Å². The standard InChI is InChI=1S/C25H25F3N4O4/c1-4-34-22(33)9-6-12-32-20-8-5-7-17(18(20)14-29-32)23-30-24(36-31-23)16-10-11-21(35-15(2)3)19(13-16)25(26,27)28/h5,7-8,10-11,13-15H,4,6,9,12H2,1-3H3. The number of aromatic nitrogens is 4. The van der Waals surface area contributed by atoms with Crippen molar-refractivity contribution in [1.82, 2.24) is 19.9 Å². The Balaban J connectivity index is 1.61. The second-order valence-electron chi connectivity index (χ2n) is 8.31. The van der Waals surface area contributed by atoms with Gasteiger partial charge in [-0.15, -0.1) is 0 Å². The van der Waals surface area contributed by atoms with Gasteiger partial charge in [-0.25, -0.2) is 0 Å². The molecule has 36 heavy (non-hydrogen) atoms. The van der Waals surface area contributed by atoms with E-state index in [4.69, 9.17) is 14.0 Å². The van der Waals surface area contributed by atoms with Crippen molar-refractivity contribution in [2.75, 3.05) is 6.61 Å². The molecule has 4 aromatic rings. The lowest BCUT2D eigenvalue weighted by Gasteiger charge is -2.16. The van der Waals surface area contributed by atoms with Crippen LogP contribution in [0.25, 0.3) is 33.7 Å². The van der Waals surface area contributed by atoms with Crippen LogP contribution in [0, 0.1) is 0 Å². The summed E-state index contributed by atoms with van der Waals surface area (Å²) in [6.07, 6.45) is -2.53. The lowest BCUT2D eigenvalue weighted by atomic mass is 10.1. The summed E-state index contributed by atoms with van der Waals surface area (Å²) in [4.78, 5) is 15.9. The molecule has 0 aliphatic rings. The third-order valence-corrected chi connectivity index (χ3v) is 5.31. The van der Waals surface area contributed by atoms with E-state index in [2.05, 4.69) is 15.2 Å². The van der Waals surface area contributed by atoms with Crippen LogP contribution in [0.1, 0.15) is 39.2 Å². The SMILES string of the molecule is CCOC(=O)CCCn1ncc2c(-c3noc(-c4ccc(OC(C)C)c(C(F)(F)F)c4)n3)cccc21. The number of benzene rings is 2. The number of nitrogens with zero attached hydrogens (tertiary/aromatic N) is 4. The number of fused-ring (bicyclic) bond motifs is 1. The molecule has 0 aliphatic carbocycles. The fourth-order valence-electron chi connectivity index (χ4n) is 3.77. The fraction of sp³-hybridized carbons (Fsp3) is 0.360. The molecule has 0 spiro atoms. The number of halogens is 3. The van der Waals surface area contributed by atoms with E-state index in [-0.39, 0.29) is 35.4 Å². The Labute approximate surface area is 205 Å². The maximum absolute atomic E-state index is 13.6. The predicted molar refractivity (Wildman–Crippen MR) is 125 cm³/mol. The number of carbonyl (C=O) groups is 1. The van der Waals surface area contributed by atoms with Crippen LogP contribution in [0.4, 0.5) is 13.2 Å². The van der Waals surface area contributed by atoms with Crippen LogP contribution in [-0.2, 0) is 22.3 Å². The Morgan fingerprint density at radius 3 is 2.72 bits per heavy atom. The van der Waals surface area contributed by atoms with Crippen LogP contribution in [0.3, 0.4) is 0 Å². The lowest BCUT2D eigenvalue weighted by molar-refractivity contribution is -0.143. The molecule has 0 atom stereocenters. The van der Waals surface area contributed by atoms with Crippen molar-refractivity contribution in [3.05, 3.63) is 48.2 Å². The smallest absolute Gasteiger partial charge is 0.419 e. The van der Waals surface area contributed by atoms with Gasteiger partial charge in [0.2, 0.25) is 5.82 Å². The highest BCUT2D eigenvalue weighted by molar-refractivity contribution is 5.93.